The normalized spacial score (nSPS) is 12.0. The summed E-state index contributed by atoms with van der Waals surface area (Å²) in [5.41, 5.74) is 0.414. The van der Waals surface area contributed by atoms with Crippen molar-refractivity contribution in [1.29, 1.82) is 0 Å². The Balaban J connectivity index is 2.07. The summed E-state index contributed by atoms with van der Waals surface area (Å²) in [7, 11) is -0.646. The first-order valence-electron chi connectivity index (χ1n) is 6.37. The Morgan fingerprint density at radius 3 is 2.50 bits per heavy atom. The zero-order valence-electron chi connectivity index (χ0n) is 12.0. The van der Waals surface area contributed by atoms with Gasteiger partial charge in [0.25, 0.3) is 10.2 Å². The summed E-state index contributed by atoms with van der Waals surface area (Å²) in [5, 5.41) is 1.90. The van der Waals surface area contributed by atoms with Gasteiger partial charge in [-0.2, -0.15) is 12.7 Å². The molecule has 9 heteroatoms. The van der Waals surface area contributed by atoms with Crippen LogP contribution in [0.1, 0.15) is 5.69 Å². The fraction of sp³-hybridized carbons (Fsp3) is 0.308. The van der Waals surface area contributed by atoms with E-state index in [1.807, 2.05) is 0 Å². The molecule has 0 aliphatic rings. The number of nitrogens with zero attached hydrogens (tertiary/aromatic N) is 2. The lowest BCUT2D eigenvalue weighted by Crippen LogP contribution is -2.36. The van der Waals surface area contributed by atoms with E-state index in [-0.39, 0.29) is 17.1 Å². The number of nitrogens with one attached hydrogen (secondary N) is 1. The highest BCUT2D eigenvalue weighted by atomic mass is 32.2. The monoisotopic (exact) mass is 347 g/mol. The van der Waals surface area contributed by atoms with Crippen molar-refractivity contribution >= 4 is 21.5 Å². The maximum atomic E-state index is 13.7. The molecular formula is C13H15F2N3O2S2. The van der Waals surface area contributed by atoms with Crippen LogP contribution in [-0.4, -0.2) is 38.3 Å². The van der Waals surface area contributed by atoms with Crippen molar-refractivity contribution in [3.8, 4) is 10.6 Å². The van der Waals surface area contributed by atoms with Gasteiger partial charge in [-0.3, -0.25) is 0 Å². The van der Waals surface area contributed by atoms with Crippen LogP contribution in [0, 0.1) is 11.6 Å². The van der Waals surface area contributed by atoms with Crippen molar-refractivity contribution in [2.45, 2.75) is 6.42 Å². The first-order valence-corrected chi connectivity index (χ1v) is 8.69. The molecule has 0 bridgehead atoms. The van der Waals surface area contributed by atoms with Crippen LogP contribution >= 0.6 is 11.3 Å². The van der Waals surface area contributed by atoms with Gasteiger partial charge in [0.15, 0.2) is 0 Å². The molecule has 0 aliphatic carbocycles. The number of aromatic nitrogens is 1. The molecule has 0 amide bonds. The number of hydrogen-bond donors (Lipinski definition) is 1. The first-order chi connectivity index (χ1) is 10.3. The quantitative estimate of drug-likeness (QED) is 0.870. The molecule has 5 nitrogen and oxygen atoms in total. The molecule has 2 aromatic rings. The van der Waals surface area contributed by atoms with Gasteiger partial charge >= 0.3 is 0 Å². The van der Waals surface area contributed by atoms with Gasteiger partial charge in [-0.1, -0.05) is 6.07 Å². The molecule has 0 unspecified atom stereocenters. The summed E-state index contributed by atoms with van der Waals surface area (Å²) in [6, 6.07) is 3.63. The third-order valence-electron chi connectivity index (χ3n) is 2.87. The number of benzene rings is 1. The van der Waals surface area contributed by atoms with Crippen molar-refractivity contribution in [3.63, 3.8) is 0 Å². The Kier molecular flexibility index (Phi) is 5.22. The van der Waals surface area contributed by atoms with E-state index in [2.05, 4.69) is 9.71 Å². The first kappa shape index (κ1) is 16.9. The van der Waals surface area contributed by atoms with Crippen LogP contribution < -0.4 is 4.72 Å². The molecule has 1 N–H and O–H groups in total. The second kappa shape index (κ2) is 6.78. The highest BCUT2D eigenvalue weighted by Gasteiger charge is 2.16. The van der Waals surface area contributed by atoms with E-state index in [0.29, 0.717) is 12.1 Å². The standard InChI is InChI=1S/C13H15F2N3O2S2/c1-18(2)22(19,20)16-7-6-9-8-21-13(17-9)12-10(14)4-3-5-11(12)15/h3-5,8,16H,6-7H2,1-2H3. The predicted molar refractivity (Wildman–Crippen MR) is 81.8 cm³/mol. The highest BCUT2D eigenvalue weighted by molar-refractivity contribution is 7.87. The minimum Gasteiger partial charge on any atom is -0.241 e. The second-order valence-electron chi connectivity index (χ2n) is 4.67. The molecule has 120 valence electrons. The van der Waals surface area contributed by atoms with E-state index < -0.39 is 21.8 Å². The van der Waals surface area contributed by atoms with Gasteiger partial charge in [0.2, 0.25) is 0 Å². The molecule has 0 fully saturated rings. The largest absolute Gasteiger partial charge is 0.278 e. The van der Waals surface area contributed by atoms with Crippen LogP contribution in [0.4, 0.5) is 8.78 Å². The summed E-state index contributed by atoms with van der Waals surface area (Å²) in [4.78, 5) is 4.16. The molecule has 0 saturated heterocycles. The van der Waals surface area contributed by atoms with Gasteiger partial charge in [0, 0.05) is 32.4 Å². The summed E-state index contributed by atoms with van der Waals surface area (Å²) in [6.45, 7) is 0.156. The van der Waals surface area contributed by atoms with Gasteiger partial charge in [-0.25, -0.2) is 18.5 Å². The summed E-state index contributed by atoms with van der Waals surface area (Å²) in [6.07, 6.45) is 0.333. The van der Waals surface area contributed by atoms with E-state index in [1.54, 1.807) is 5.38 Å². The van der Waals surface area contributed by atoms with Crippen molar-refractivity contribution in [1.82, 2.24) is 14.0 Å². The minimum atomic E-state index is -3.49. The van der Waals surface area contributed by atoms with Crippen molar-refractivity contribution in [2.75, 3.05) is 20.6 Å². The SMILES string of the molecule is CN(C)S(=O)(=O)NCCc1csc(-c2c(F)cccc2F)n1. The lowest BCUT2D eigenvalue weighted by molar-refractivity contribution is 0.506. The predicted octanol–water partition coefficient (Wildman–Crippen LogP) is 2.03. The lowest BCUT2D eigenvalue weighted by Gasteiger charge is -2.11. The average molecular weight is 347 g/mol. The fourth-order valence-electron chi connectivity index (χ4n) is 1.68. The molecule has 0 radical (unpaired) electrons. The van der Waals surface area contributed by atoms with Crippen LogP contribution in [-0.2, 0) is 16.6 Å². The van der Waals surface area contributed by atoms with Crippen molar-refractivity contribution in [3.05, 3.63) is 40.9 Å². The molecule has 1 aromatic carbocycles. The number of thiazole rings is 1. The smallest absolute Gasteiger partial charge is 0.241 e. The van der Waals surface area contributed by atoms with Crippen LogP contribution in [0.2, 0.25) is 0 Å². The second-order valence-corrected chi connectivity index (χ2v) is 7.50. The topological polar surface area (TPSA) is 62.3 Å². The Bertz CT molecular complexity index is 740. The Morgan fingerprint density at radius 2 is 1.91 bits per heavy atom. The molecule has 0 spiro atoms. The molecule has 0 aliphatic heterocycles. The van der Waals surface area contributed by atoms with Gasteiger partial charge in [-0.05, 0) is 12.1 Å². The van der Waals surface area contributed by atoms with E-state index in [1.165, 1.54) is 32.3 Å². The van der Waals surface area contributed by atoms with Crippen molar-refractivity contribution in [2.24, 2.45) is 0 Å². The van der Waals surface area contributed by atoms with Crippen LogP contribution in [0.3, 0.4) is 0 Å². The fourth-order valence-corrected chi connectivity index (χ4v) is 3.20. The van der Waals surface area contributed by atoms with Gasteiger partial charge in [-0.15, -0.1) is 11.3 Å². The number of halogens is 2. The zero-order chi connectivity index (χ0) is 16.3. The zero-order valence-corrected chi connectivity index (χ0v) is 13.6. The molecule has 0 saturated carbocycles. The summed E-state index contributed by atoms with van der Waals surface area (Å²) < 4.78 is 53.9. The van der Waals surface area contributed by atoms with Gasteiger partial charge in [0.1, 0.15) is 16.6 Å². The number of rotatable bonds is 6. The van der Waals surface area contributed by atoms with Crippen LogP contribution in [0.15, 0.2) is 23.6 Å². The Labute approximate surface area is 131 Å². The third kappa shape index (κ3) is 3.86. The minimum absolute atomic E-state index is 0.156. The maximum Gasteiger partial charge on any atom is 0.278 e. The lowest BCUT2D eigenvalue weighted by atomic mass is 10.2. The highest BCUT2D eigenvalue weighted by Crippen LogP contribution is 2.28. The van der Waals surface area contributed by atoms with Gasteiger partial charge in [0.05, 0.1) is 11.3 Å². The maximum absolute atomic E-state index is 13.7. The molecule has 1 heterocycles. The van der Waals surface area contributed by atoms with Crippen molar-refractivity contribution < 1.29 is 17.2 Å². The van der Waals surface area contributed by atoms with E-state index in [4.69, 9.17) is 0 Å². The third-order valence-corrected chi connectivity index (χ3v) is 5.31. The molecule has 0 atom stereocenters. The Hall–Kier alpha value is -1.42. The van der Waals surface area contributed by atoms with Gasteiger partial charge < -0.3 is 0 Å². The van der Waals surface area contributed by atoms with E-state index in [0.717, 1.165) is 15.6 Å². The van der Waals surface area contributed by atoms with Crippen LogP contribution in [0.25, 0.3) is 10.6 Å². The average Bonchev–Trinajstić information content (AvgIpc) is 2.86. The Morgan fingerprint density at radius 1 is 1.27 bits per heavy atom. The van der Waals surface area contributed by atoms with E-state index in [9.17, 15) is 17.2 Å². The molecular weight excluding hydrogens is 332 g/mol. The summed E-state index contributed by atoms with van der Waals surface area (Å²) in [5.74, 6) is -1.34. The molecule has 1 aromatic heterocycles. The summed E-state index contributed by atoms with van der Waals surface area (Å²) >= 11 is 1.12. The van der Waals surface area contributed by atoms with E-state index >= 15 is 0 Å². The molecule has 22 heavy (non-hydrogen) atoms. The number of hydrogen-bond acceptors (Lipinski definition) is 4. The molecule has 2 rings (SSSR count). The van der Waals surface area contributed by atoms with Crippen LogP contribution in [0.5, 0.6) is 0 Å².